The third-order valence-electron chi connectivity index (χ3n) is 4.45. The van der Waals surface area contributed by atoms with Crippen LogP contribution in [-0.2, 0) is 17.8 Å². The summed E-state index contributed by atoms with van der Waals surface area (Å²) in [5.41, 5.74) is 2.32. The largest absolute Gasteiger partial charge is 0.497 e. The molecule has 1 N–H and O–H groups in total. The van der Waals surface area contributed by atoms with E-state index in [1.807, 2.05) is 60.0 Å². The van der Waals surface area contributed by atoms with Gasteiger partial charge in [-0.1, -0.05) is 31.2 Å². The second kappa shape index (κ2) is 7.56. The van der Waals surface area contributed by atoms with E-state index in [1.165, 1.54) is 0 Å². The van der Waals surface area contributed by atoms with Crippen molar-refractivity contribution in [3.63, 3.8) is 0 Å². The minimum Gasteiger partial charge on any atom is -0.497 e. The minimum atomic E-state index is -0.161. The van der Waals surface area contributed by atoms with Gasteiger partial charge in [0.2, 0.25) is 11.8 Å². The Kier molecular flexibility index (Phi) is 4.80. The zero-order valence-corrected chi connectivity index (χ0v) is 15.7. The Morgan fingerprint density at radius 1 is 1.14 bits per heavy atom. The average Bonchev–Trinajstić information content (AvgIpc) is 3.33. The summed E-state index contributed by atoms with van der Waals surface area (Å²) < 4.78 is 12.8. The first-order valence-corrected chi connectivity index (χ1v) is 9.03. The van der Waals surface area contributed by atoms with Crippen LogP contribution in [0.1, 0.15) is 12.8 Å². The second-order valence-electron chi connectivity index (χ2n) is 6.31. The van der Waals surface area contributed by atoms with Crippen molar-refractivity contribution in [2.45, 2.75) is 19.9 Å². The Labute approximate surface area is 161 Å². The zero-order chi connectivity index (χ0) is 19.5. The molecule has 2 aromatic heterocycles. The first-order valence-electron chi connectivity index (χ1n) is 9.03. The number of nitrogens with zero attached hydrogens (tertiary/aromatic N) is 3. The fourth-order valence-electron chi connectivity index (χ4n) is 3.10. The smallest absolute Gasteiger partial charge is 0.264 e. The van der Waals surface area contributed by atoms with Crippen LogP contribution in [0.2, 0.25) is 0 Å². The van der Waals surface area contributed by atoms with Crippen LogP contribution >= 0.6 is 0 Å². The van der Waals surface area contributed by atoms with E-state index in [0.29, 0.717) is 35.3 Å². The van der Waals surface area contributed by atoms with E-state index in [4.69, 9.17) is 9.15 Å². The van der Waals surface area contributed by atoms with E-state index in [1.54, 1.807) is 13.2 Å². The number of hydrogen-bond donors (Lipinski definition) is 1. The molecule has 0 aliphatic carbocycles. The number of methoxy groups -OCH3 is 1. The maximum Gasteiger partial charge on any atom is 0.264 e. The summed E-state index contributed by atoms with van der Waals surface area (Å²) in [6.45, 7) is 2.07. The van der Waals surface area contributed by atoms with Crippen LogP contribution in [0, 0.1) is 0 Å². The molecule has 0 aliphatic heterocycles. The first-order chi connectivity index (χ1) is 13.7. The summed E-state index contributed by atoms with van der Waals surface area (Å²) in [7, 11) is 1.59. The highest BCUT2D eigenvalue weighted by molar-refractivity contribution is 5.93. The number of ether oxygens (including phenoxy) is 1. The molecule has 1 amide bonds. The van der Waals surface area contributed by atoms with Crippen LogP contribution in [0.15, 0.2) is 59.0 Å². The fourth-order valence-corrected chi connectivity index (χ4v) is 3.10. The van der Waals surface area contributed by atoms with Crippen molar-refractivity contribution < 1.29 is 13.9 Å². The molecular formula is C21H20N4O3. The lowest BCUT2D eigenvalue weighted by atomic mass is 10.2. The van der Waals surface area contributed by atoms with Crippen LogP contribution in [0.5, 0.6) is 5.75 Å². The van der Waals surface area contributed by atoms with Crippen LogP contribution in [0.4, 0.5) is 5.69 Å². The number of rotatable bonds is 6. The number of aromatic nitrogens is 3. The maximum absolute atomic E-state index is 12.7. The van der Waals surface area contributed by atoms with Crippen molar-refractivity contribution in [1.82, 2.24) is 14.8 Å². The fraction of sp³-hybridized carbons (Fsp3) is 0.190. The standard InChI is InChI=1S/C21H20N4O3/c1-3-20-23-24-21(28-20)18-11-14-7-4-5-10-17(14)25(18)13-19(26)22-15-8-6-9-16(12-15)27-2/h4-12H,3,13H2,1-2H3,(H,22,26). The van der Waals surface area contributed by atoms with Crippen LogP contribution < -0.4 is 10.1 Å². The lowest BCUT2D eigenvalue weighted by Gasteiger charge is -2.10. The number of hydrogen-bond acceptors (Lipinski definition) is 5. The predicted octanol–water partition coefficient (Wildman–Crippen LogP) is 3.90. The Bertz CT molecular complexity index is 1130. The summed E-state index contributed by atoms with van der Waals surface area (Å²) >= 11 is 0. The molecule has 0 radical (unpaired) electrons. The summed E-state index contributed by atoms with van der Waals surface area (Å²) in [5.74, 6) is 1.49. The molecule has 0 bridgehead atoms. The highest BCUT2D eigenvalue weighted by Gasteiger charge is 2.18. The summed E-state index contributed by atoms with van der Waals surface area (Å²) in [6.07, 6.45) is 0.656. The number of anilines is 1. The molecule has 7 heteroatoms. The highest BCUT2D eigenvalue weighted by Crippen LogP contribution is 2.28. The number of benzene rings is 2. The number of aryl methyl sites for hydroxylation is 1. The van der Waals surface area contributed by atoms with Crippen molar-refractivity contribution in [3.8, 4) is 17.3 Å². The lowest BCUT2D eigenvalue weighted by molar-refractivity contribution is -0.116. The Balaban J connectivity index is 1.66. The second-order valence-corrected chi connectivity index (χ2v) is 6.31. The number of carbonyl (C=O) groups is 1. The molecule has 0 saturated heterocycles. The molecule has 0 aliphatic rings. The van der Waals surface area contributed by atoms with Gasteiger partial charge in [-0.05, 0) is 24.3 Å². The number of nitrogens with one attached hydrogen (secondary N) is 1. The summed E-state index contributed by atoms with van der Waals surface area (Å²) in [4.78, 5) is 12.7. The number of fused-ring (bicyclic) bond motifs is 1. The molecular weight excluding hydrogens is 356 g/mol. The van der Waals surface area contributed by atoms with E-state index < -0.39 is 0 Å². The van der Waals surface area contributed by atoms with Crippen molar-refractivity contribution in [3.05, 3.63) is 60.5 Å². The molecule has 2 heterocycles. The van der Waals surface area contributed by atoms with Gasteiger partial charge in [0.1, 0.15) is 18.0 Å². The minimum absolute atomic E-state index is 0.115. The average molecular weight is 376 g/mol. The summed E-state index contributed by atoms with van der Waals surface area (Å²) in [5, 5.41) is 12.1. The van der Waals surface area contributed by atoms with Gasteiger partial charge in [0, 0.05) is 29.1 Å². The van der Waals surface area contributed by atoms with Gasteiger partial charge in [0.25, 0.3) is 5.89 Å². The number of para-hydroxylation sites is 1. The van der Waals surface area contributed by atoms with Gasteiger partial charge in [0.05, 0.1) is 7.11 Å². The van der Waals surface area contributed by atoms with Gasteiger partial charge in [-0.3, -0.25) is 4.79 Å². The van der Waals surface area contributed by atoms with Crippen LogP contribution in [-0.4, -0.2) is 27.8 Å². The quantitative estimate of drug-likeness (QED) is 0.552. The third-order valence-corrected chi connectivity index (χ3v) is 4.45. The Hall–Kier alpha value is -3.61. The molecule has 142 valence electrons. The SMILES string of the molecule is CCc1nnc(-c2cc3ccccc3n2CC(=O)Nc2cccc(OC)c2)o1. The van der Waals surface area contributed by atoms with Gasteiger partial charge < -0.3 is 19.0 Å². The molecule has 2 aromatic carbocycles. The van der Waals surface area contributed by atoms with E-state index in [9.17, 15) is 4.79 Å². The summed E-state index contributed by atoms with van der Waals surface area (Å²) in [6, 6.07) is 17.1. The molecule has 4 aromatic rings. The normalized spacial score (nSPS) is 10.9. The van der Waals surface area contributed by atoms with Gasteiger partial charge >= 0.3 is 0 Å². The molecule has 0 spiro atoms. The molecule has 0 unspecified atom stereocenters. The Morgan fingerprint density at radius 2 is 2.00 bits per heavy atom. The molecule has 0 saturated carbocycles. The van der Waals surface area contributed by atoms with Gasteiger partial charge in [-0.15, -0.1) is 10.2 Å². The first kappa shape index (κ1) is 17.8. The van der Waals surface area contributed by atoms with E-state index in [0.717, 1.165) is 10.9 Å². The highest BCUT2D eigenvalue weighted by atomic mass is 16.5. The number of amides is 1. The van der Waals surface area contributed by atoms with E-state index in [2.05, 4.69) is 15.5 Å². The maximum atomic E-state index is 12.7. The number of carbonyl (C=O) groups excluding carboxylic acids is 1. The van der Waals surface area contributed by atoms with Crippen molar-refractivity contribution in [2.24, 2.45) is 0 Å². The zero-order valence-electron chi connectivity index (χ0n) is 15.7. The molecule has 4 rings (SSSR count). The molecule has 0 atom stereocenters. The molecule has 28 heavy (non-hydrogen) atoms. The van der Waals surface area contributed by atoms with Gasteiger partial charge in [-0.25, -0.2) is 0 Å². The lowest BCUT2D eigenvalue weighted by Crippen LogP contribution is -2.19. The molecule has 0 fully saturated rings. The van der Waals surface area contributed by atoms with Crippen molar-refractivity contribution in [1.29, 1.82) is 0 Å². The van der Waals surface area contributed by atoms with Crippen molar-refractivity contribution in [2.75, 3.05) is 12.4 Å². The monoisotopic (exact) mass is 376 g/mol. The van der Waals surface area contributed by atoms with Gasteiger partial charge in [0.15, 0.2) is 0 Å². The van der Waals surface area contributed by atoms with Crippen LogP contribution in [0.3, 0.4) is 0 Å². The topological polar surface area (TPSA) is 82.2 Å². The Morgan fingerprint density at radius 3 is 2.79 bits per heavy atom. The van der Waals surface area contributed by atoms with E-state index in [-0.39, 0.29) is 12.5 Å². The molecule has 7 nitrogen and oxygen atoms in total. The van der Waals surface area contributed by atoms with Gasteiger partial charge in [-0.2, -0.15) is 0 Å². The van der Waals surface area contributed by atoms with E-state index >= 15 is 0 Å². The predicted molar refractivity (Wildman–Crippen MR) is 106 cm³/mol. The third kappa shape index (κ3) is 3.46. The van der Waals surface area contributed by atoms with Crippen LogP contribution in [0.25, 0.3) is 22.5 Å². The van der Waals surface area contributed by atoms with Crippen molar-refractivity contribution >= 4 is 22.5 Å².